The van der Waals surface area contributed by atoms with Gasteiger partial charge in [0.15, 0.2) is 0 Å². The van der Waals surface area contributed by atoms with Gasteiger partial charge < -0.3 is 24.8 Å². The molecule has 1 amide bonds. The highest BCUT2D eigenvalue weighted by Gasteiger charge is 2.34. The van der Waals surface area contributed by atoms with Crippen LogP contribution < -0.4 is 10.6 Å². The predicted octanol–water partition coefficient (Wildman–Crippen LogP) is 4.39. The number of thioether (sulfide) groups is 1. The highest BCUT2D eigenvalue weighted by atomic mass is 32.2. The Morgan fingerprint density at radius 2 is 1.72 bits per heavy atom. The fourth-order valence-electron chi connectivity index (χ4n) is 3.62. The van der Waals surface area contributed by atoms with Gasteiger partial charge in [-0.15, -0.1) is 0 Å². The zero-order valence-electron chi connectivity index (χ0n) is 21.0. The zero-order valence-corrected chi connectivity index (χ0v) is 21.8. The first-order chi connectivity index (χ1) is 15.5. The van der Waals surface area contributed by atoms with E-state index in [-0.39, 0.29) is 5.91 Å². The second-order valence-electron chi connectivity index (χ2n) is 8.79. The molecular formula is C25H48N2O4S. The smallest absolute Gasteiger partial charge is 0.220 e. The lowest BCUT2D eigenvalue weighted by molar-refractivity contribution is -0.121. The molecule has 0 spiro atoms. The van der Waals surface area contributed by atoms with Gasteiger partial charge in [0.25, 0.3) is 0 Å². The van der Waals surface area contributed by atoms with Gasteiger partial charge in [-0.05, 0) is 43.3 Å². The van der Waals surface area contributed by atoms with Crippen molar-refractivity contribution >= 4 is 17.7 Å². The van der Waals surface area contributed by atoms with Gasteiger partial charge in [0.1, 0.15) is 0 Å². The van der Waals surface area contributed by atoms with Crippen LogP contribution in [0.3, 0.4) is 0 Å². The molecular weight excluding hydrogens is 424 g/mol. The number of amides is 1. The van der Waals surface area contributed by atoms with Crippen LogP contribution in [0.2, 0.25) is 0 Å². The summed E-state index contributed by atoms with van der Waals surface area (Å²) < 4.78 is 16.2. The second-order valence-corrected chi connectivity index (χ2v) is 10.1. The van der Waals surface area contributed by atoms with Crippen molar-refractivity contribution in [1.82, 2.24) is 10.6 Å². The van der Waals surface area contributed by atoms with E-state index in [0.717, 1.165) is 38.7 Å². The van der Waals surface area contributed by atoms with E-state index in [1.165, 1.54) is 11.4 Å². The van der Waals surface area contributed by atoms with E-state index in [9.17, 15) is 4.79 Å². The van der Waals surface area contributed by atoms with Crippen molar-refractivity contribution in [2.45, 2.75) is 77.5 Å². The SMILES string of the molecule is C=C(NC1C(C)CSC1CCCCC(=O)NCCOCCOCCOCCC)C(C)CC. The number of unbranched alkanes of at least 4 members (excludes halogenated alkanes) is 1. The maximum atomic E-state index is 12.0. The number of rotatable bonds is 20. The number of carbonyl (C=O) groups excluding carboxylic acids is 1. The summed E-state index contributed by atoms with van der Waals surface area (Å²) in [5.74, 6) is 2.49. The Bertz CT molecular complexity index is 506. The maximum Gasteiger partial charge on any atom is 0.220 e. The molecule has 0 saturated carbocycles. The first kappa shape index (κ1) is 29.3. The standard InChI is InChI=1S/C25H48N2O4S/c1-6-13-29-15-17-31-18-16-30-14-12-26-24(28)11-9-8-10-23-25(21(4)19-32-23)27-22(5)20(3)7-2/h20-21,23,25,27H,5-19H2,1-4H3,(H,26,28). The van der Waals surface area contributed by atoms with Crippen molar-refractivity contribution in [3.63, 3.8) is 0 Å². The van der Waals surface area contributed by atoms with Gasteiger partial charge in [-0.1, -0.05) is 40.7 Å². The highest BCUT2D eigenvalue weighted by molar-refractivity contribution is 8.00. The molecule has 4 atom stereocenters. The minimum absolute atomic E-state index is 0.116. The molecule has 1 saturated heterocycles. The van der Waals surface area contributed by atoms with Gasteiger partial charge in [-0.25, -0.2) is 0 Å². The van der Waals surface area contributed by atoms with E-state index >= 15 is 0 Å². The van der Waals surface area contributed by atoms with Crippen molar-refractivity contribution in [3.05, 3.63) is 12.3 Å². The van der Waals surface area contributed by atoms with E-state index in [4.69, 9.17) is 14.2 Å². The van der Waals surface area contributed by atoms with E-state index in [0.29, 0.717) is 69.1 Å². The molecule has 2 N–H and O–H groups in total. The van der Waals surface area contributed by atoms with Gasteiger partial charge in [-0.3, -0.25) is 4.79 Å². The Balaban J connectivity index is 2.02. The van der Waals surface area contributed by atoms with Crippen molar-refractivity contribution in [3.8, 4) is 0 Å². The molecule has 1 heterocycles. The molecule has 0 bridgehead atoms. The summed E-state index contributed by atoms with van der Waals surface area (Å²) in [5.41, 5.74) is 1.17. The van der Waals surface area contributed by atoms with Crippen LogP contribution in [0, 0.1) is 11.8 Å². The molecule has 0 aliphatic carbocycles. The summed E-state index contributed by atoms with van der Waals surface area (Å²) in [6.45, 7) is 17.3. The third kappa shape index (κ3) is 13.1. The summed E-state index contributed by atoms with van der Waals surface area (Å²) in [6, 6.07) is 0.500. The van der Waals surface area contributed by atoms with Crippen LogP contribution >= 0.6 is 11.8 Å². The lowest BCUT2D eigenvalue weighted by Gasteiger charge is -2.27. The maximum absolute atomic E-state index is 12.0. The lowest BCUT2D eigenvalue weighted by Crippen LogP contribution is -2.39. The molecule has 0 aromatic carbocycles. The summed E-state index contributed by atoms with van der Waals surface area (Å²) in [7, 11) is 0. The average Bonchev–Trinajstić information content (AvgIpc) is 3.13. The normalized spacial score (nSPS) is 21.4. The van der Waals surface area contributed by atoms with Crippen molar-refractivity contribution in [1.29, 1.82) is 0 Å². The molecule has 1 aliphatic heterocycles. The Morgan fingerprint density at radius 1 is 1.06 bits per heavy atom. The van der Waals surface area contributed by atoms with Crippen LogP contribution in [-0.2, 0) is 19.0 Å². The Labute approximate surface area is 201 Å². The third-order valence-electron chi connectivity index (χ3n) is 5.95. The van der Waals surface area contributed by atoms with Crippen LogP contribution in [0.4, 0.5) is 0 Å². The van der Waals surface area contributed by atoms with Crippen molar-refractivity contribution in [2.75, 3.05) is 51.9 Å². The van der Waals surface area contributed by atoms with Crippen LogP contribution in [-0.4, -0.2) is 69.1 Å². The van der Waals surface area contributed by atoms with Gasteiger partial charge in [0, 0.05) is 36.6 Å². The summed E-state index contributed by atoms with van der Waals surface area (Å²) >= 11 is 2.07. The molecule has 4 unspecified atom stereocenters. The minimum Gasteiger partial charge on any atom is -0.384 e. The Kier molecular flexibility index (Phi) is 17.1. The summed E-state index contributed by atoms with van der Waals surface area (Å²) in [5, 5.41) is 7.28. The van der Waals surface area contributed by atoms with E-state index in [1.54, 1.807) is 0 Å². The minimum atomic E-state index is 0.116. The Morgan fingerprint density at radius 3 is 2.38 bits per heavy atom. The van der Waals surface area contributed by atoms with E-state index in [1.807, 2.05) is 0 Å². The predicted molar refractivity (Wildman–Crippen MR) is 135 cm³/mol. The third-order valence-corrected chi connectivity index (χ3v) is 7.62. The molecule has 0 aromatic heterocycles. The summed E-state index contributed by atoms with van der Waals surface area (Å²) in [4.78, 5) is 12.0. The first-order valence-corrected chi connectivity index (χ1v) is 13.6. The van der Waals surface area contributed by atoms with E-state index < -0.39 is 0 Å². The molecule has 1 fully saturated rings. The van der Waals surface area contributed by atoms with Crippen LogP contribution in [0.1, 0.15) is 66.2 Å². The Hall–Kier alpha value is -0.760. The van der Waals surface area contributed by atoms with Crippen molar-refractivity contribution in [2.24, 2.45) is 11.8 Å². The second kappa shape index (κ2) is 18.6. The number of allylic oxidation sites excluding steroid dienone is 1. The number of ether oxygens (including phenoxy) is 3. The molecule has 1 aliphatic rings. The molecule has 32 heavy (non-hydrogen) atoms. The van der Waals surface area contributed by atoms with Crippen LogP contribution in [0.25, 0.3) is 0 Å². The fraction of sp³-hybridized carbons (Fsp3) is 0.880. The van der Waals surface area contributed by atoms with E-state index in [2.05, 4.69) is 56.7 Å². The number of carbonyl (C=O) groups is 1. The fourth-order valence-corrected chi connectivity index (χ4v) is 5.25. The average molecular weight is 473 g/mol. The number of hydrogen-bond acceptors (Lipinski definition) is 6. The topological polar surface area (TPSA) is 68.8 Å². The molecule has 188 valence electrons. The monoisotopic (exact) mass is 472 g/mol. The molecule has 1 rings (SSSR count). The quantitative estimate of drug-likeness (QED) is 0.256. The highest BCUT2D eigenvalue weighted by Crippen LogP contribution is 2.35. The molecule has 0 radical (unpaired) electrons. The largest absolute Gasteiger partial charge is 0.384 e. The van der Waals surface area contributed by atoms with Gasteiger partial charge in [0.05, 0.1) is 33.0 Å². The van der Waals surface area contributed by atoms with Crippen molar-refractivity contribution < 1.29 is 19.0 Å². The van der Waals surface area contributed by atoms with Gasteiger partial charge in [0.2, 0.25) is 5.91 Å². The first-order valence-electron chi connectivity index (χ1n) is 12.6. The zero-order chi connectivity index (χ0) is 23.6. The molecule has 6 nitrogen and oxygen atoms in total. The van der Waals surface area contributed by atoms with Crippen LogP contribution in [0.5, 0.6) is 0 Å². The number of hydrogen-bond donors (Lipinski definition) is 2. The molecule has 7 heteroatoms. The summed E-state index contributed by atoms with van der Waals surface area (Å²) in [6.07, 6.45) is 5.91. The van der Waals surface area contributed by atoms with Gasteiger partial charge >= 0.3 is 0 Å². The molecule has 0 aromatic rings. The van der Waals surface area contributed by atoms with Crippen LogP contribution in [0.15, 0.2) is 12.3 Å². The van der Waals surface area contributed by atoms with Gasteiger partial charge in [-0.2, -0.15) is 11.8 Å². The lowest BCUT2D eigenvalue weighted by atomic mass is 9.95. The number of nitrogens with one attached hydrogen (secondary N) is 2.